The number of rotatable bonds is 6. The molecule has 1 aliphatic rings. The molecule has 1 fully saturated rings. The monoisotopic (exact) mass is 415 g/mol. The second-order valence-electron chi connectivity index (χ2n) is 6.76. The van der Waals surface area contributed by atoms with Gasteiger partial charge >= 0.3 is 6.18 Å². The van der Waals surface area contributed by atoms with E-state index in [4.69, 9.17) is 16.3 Å². The number of ether oxygens (including phenoxy) is 1. The zero-order chi connectivity index (χ0) is 20.1. The standard InChI is InChI=1S/C19H21ClF3N3O2/c20-15-7-2-1-5-13(15)12-26(9-8-14-6-3-4-10-28-14)18(27)16-11-17(25-24-16)19(21,22)23/h1-2,5,7,11,14H,3-4,6,8-10,12H2,(H,24,25). The lowest BCUT2D eigenvalue weighted by Gasteiger charge is -2.27. The molecule has 1 amide bonds. The van der Waals surface area contributed by atoms with Crippen molar-refractivity contribution in [3.05, 3.63) is 52.3 Å². The minimum atomic E-state index is -4.59. The largest absolute Gasteiger partial charge is 0.432 e. The van der Waals surface area contributed by atoms with Gasteiger partial charge < -0.3 is 9.64 Å². The summed E-state index contributed by atoms with van der Waals surface area (Å²) in [6, 6.07) is 7.80. The van der Waals surface area contributed by atoms with Gasteiger partial charge in [0.15, 0.2) is 5.69 Å². The normalized spacial score (nSPS) is 17.5. The average Bonchev–Trinajstić information content (AvgIpc) is 3.17. The van der Waals surface area contributed by atoms with Crippen LogP contribution in [-0.2, 0) is 17.5 Å². The molecule has 0 bridgehead atoms. The maximum absolute atomic E-state index is 12.9. The van der Waals surface area contributed by atoms with Gasteiger partial charge in [0.2, 0.25) is 0 Å². The first kappa shape index (κ1) is 20.7. The molecule has 2 heterocycles. The Morgan fingerprint density at radius 3 is 2.75 bits per heavy atom. The number of benzene rings is 1. The molecule has 0 radical (unpaired) electrons. The van der Waals surface area contributed by atoms with E-state index in [-0.39, 0.29) is 18.3 Å². The van der Waals surface area contributed by atoms with Gasteiger partial charge in [-0.05, 0) is 37.3 Å². The molecule has 1 unspecified atom stereocenters. The van der Waals surface area contributed by atoms with Crippen molar-refractivity contribution in [1.29, 1.82) is 0 Å². The highest BCUT2D eigenvalue weighted by atomic mass is 35.5. The molecular formula is C19H21ClF3N3O2. The SMILES string of the molecule is O=C(c1cc(C(F)(F)F)[nH]n1)N(CCC1CCCCO1)Cc1ccccc1Cl. The molecule has 152 valence electrons. The van der Waals surface area contributed by atoms with Crippen LogP contribution >= 0.6 is 11.6 Å². The zero-order valence-corrected chi connectivity index (χ0v) is 15.9. The van der Waals surface area contributed by atoms with Gasteiger partial charge in [0, 0.05) is 30.8 Å². The molecule has 9 heteroatoms. The van der Waals surface area contributed by atoms with Crippen molar-refractivity contribution in [1.82, 2.24) is 15.1 Å². The van der Waals surface area contributed by atoms with Crippen molar-refractivity contribution in [2.75, 3.05) is 13.2 Å². The fraction of sp³-hybridized carbons (Fsp3) is 0.474. The minimum absolute atomic E-state index is 0.0419. The maximum Gasteiger partial charge on any atom is 0.432 e. The first-order valence-corrected chi connectivity index (χ1v) is 9.49. The van der Waals surface area contributed by atoms with Crippen LogP contribution in [0.1, 0.15) is 47.4 Å². The minimum Gasteiger partial charge on any atom is -0.378 e. The van der Waals surface area contributed by atoms with E-state index in [2.05, 4.69) is 5.10 Å². The molecule has 1 atom stereocenters. The molecule has 1 N–H and O–H groups in total. The topological polar surface area (TPSA) is 58.2 Å². The summed E-state index contributed by atoms with van der Waals surface area (Å²) < 4.78 is 44.2. The van der Waals surface area contributed by atoms with Crippen LogP contribution in [0.2, 0.25) is 5.02 Å². The van der Waals surface area contributed by atoms with Crippen LogP contribution in [0.5, 0.6) is 0 Å². The second kappa shape index (κ2) is 8.96. The highest BCUT2D eigenvalue weighted by molar-refractivity contribution is 6.31. The molecule has 1 aromatic carbocycles. The number of H-pyrrole nitrogens is 1. The fourth-order valence-corrected chi connectivity index (χ4v) is 3.35. The third kappa shape index (κ3) is 5.26. The molecule has 0 spiro atoms. The quantitative estimate of drug-likeness (QED) is 0.745. The third-order valence-corrected chi connectivity index (χ3v) is 5.07. The molecule has 1 saturated heterocycles. The Bertz CT molecular complexity index is 804. The Hall–Kier alpha value is -2.06. The number of halogens is 4. The number of aromatic nitrogens is 2. The van der Waals surface area contributed by atoms with Crippen LogP contribution in [0.15, 0.2) is 30.3 Å². The molecule has 0 saturated carbocycles. The first-order valence-electron chi connectivity index (χ1n) is 9.11. The summed E-state index contributed by atoms with van der Waals surface area (Å²) in [5.74, 6) is -0.581. The lowest BCUT2D eigenvalue weighted by atomic mass is 10.1. The highest BCUT2D eigenvalue weighted by Gasteiger charge is 2.34. The Labute approximate surface area is 165 Å². The van der Waals surface area contributed by atoms with Crippen molar-refractivity contribution < 1.29 is 22.7 Å². The molecule has 5 nitrogen and oxygen atoms in total. The predicted molar refractivity (Wildman–Crippen MR) is 98.0 cm³/mol. The van der Waals surface area contributed by atoms with Crippen LogP contribution in [0, 0.1) is 0 Å². The van der Waals surface area contributed by atoms with Gasteiger partial charge in [-0.1, -0.05) is 29.8 Å². The van der Waals surface area contributed by atoms with Gasteiger partial charge in [0.1, 0.15) is 5.69 Å². The summed E-state index contributed by atoms with van der Waals surface area (Å²) >= 11 is 6.20. The second-order valence-corrected chi connectivity index (χ2v) is 7.17. The van der Waals surface area contributed by atoms with Crippen molar-refractivity contribution in [2.24, 2.45) is 0 Å². The Morgan fingerprint density at radius 1 is 1.32 bits per heavy atom. The van der Waals surface area contributed by atoms with Crippen LogP contribution in [0.3, 0.4) is 0 Å². The molecule has 28 heavy (non-hydrogen) atoms. The summed E-state index contributed by atoms with van der Waals surface area (Å²) in [5.41, 5.74) is -0.609. The van der Waals surface area contributed by atoms with E-state index in [1.54, 1.807) is 24.3 Å². The third-order valence-electron chi connectivity index (χ3n) is 4.70. The number of aromatic amines is 1. The number of hydrogen-bond donors (Lipinski definition) is 1. The van der Waals surface area contributed by atoms with E-state index in [0.29, 0.717) is 30.2 Å². The van der Waals surface area contributed by atoms with Crippen LogP contribution < -0.4 is 0 Å². The van der Waals surface area contributed by atoms with Crippen LogP contribution in [0.4, 0.5) is 13.2 Å². The number of amides is 1. The summed E-state index contributed by atoms with van der Waals surface area (Å²) in [6.45, 7) is 1.21. The molecule has 0 aliphatic carbocycles. The number of alkyl halides is 3. The molecule has 1 aromatic heterocycles. The average molecular weight is 416 g/mol. The lowest BCUT2D eigenvalue weighted by molar-refractivity contribution is -0.141. The van der Waals surface area contributed by atoms with E-state index < -0.39 is 17.8 Å². The van der Waals surface area contributed by atoms with Crippen molar-refractivity contribution in [3.8, 4) is 0 Å². The fourth-order valence-electron chi connectivity index (χ4n) is 3.16. The smallest absolute Gasteiger partial charge is 0.378 e. The summed E-state index contributed by atoms with van der Waals surface area (Å²) in [7, 11) is 0. The number of carbonyl (C=O) groups is 1. The summed E-state index contributed by atoms with van der Waals surface area (Å²) in [5, 5.41) is 5.94. The van der Waals surface area contributed by atoms with Crippen LogP contribution in [0.25, 0.3) is 0 Å². The Kier molecular flexibility index (Phi) is 6.61. The molecule has 2 aromatic rings. The molecule has 3 rings (SSSR count). The zero-order valence-electron chi connectivity index (χ0n) is 15.1. The van der Waals surface area contributed by atoms with Gasteiger partial charge in [0.25, 0.3) is 5.91 Å². The number of carbonyl (C=O) groups excluding carboxylic acids is 1. The predicted octanol–water partition coefficient (Wildman–Crippen LogP) is 4.68. The van der Waals surface area contributed by atoms with Crippen molar-refractivity contribution in [2.45, 2.75) is 44.5 Å². The van der Waals surface area contributed by atoms with Gasteiger partial charge in [-0.15, -0.1) is 0 Å². The van der Waals surface area contributed by atoms with Gasteiger partial charge in [0.05, 0.1) is 6.10 Å². The Balaban J connectivity index is 1.76. The van der Waals surface area contributed by atoms with Crippen molar-refractivity contribution >= 4 is 17.5 Å². The van der Waals surface area contributed by atoms with E-state index in [9.17, 15) is 18.0 Å². The van der Waals surface area contributed by atoms with Crippen molar-refractivity contribution in [3.63, 3.8) is 0 Å². The summed E-state index contributed by atoms with van der Waals surface area (Å²) in [6.07, 6.45) is -0.944. The van der Waals surface area contributed by atoms with E-state index in [1.165, 1.54) is 4.90 Å². The lowest BCUT2D eigenvalue weighted by Crippen LogP contribution is -2.34. The van der Waals surface area contributed by atoms with Gasteiger partial charge in [-0.3, -0.25) is 9.89 Å². The molecule has 1 aliphatic heterocycles. The maximum atomic E-state index is 12.9. The number of nitrogens with one attached hydrogen (secondary N) is 1. The summed E-state index contributed by atoms with van der Waals surface area (Å²) in [4.78, 5) is 14.3. The molecular weight excluding hydrogens is 395 g/mol. The van der Waals surface area contributed by atoms with Crippen LogP contribution in [-0.4, -0.2) is 40.3 Å². The Morgan fingerprint density at radius 2 is 2.11 bits per heavy atom. The highest BCUT2D eigenvalue weighted by Crippen LogP contribution is 2.28. The first-order chi connectivity index (χ1) is 13.3. The van der Waals surface area contributed by atoms with Gasteiger partial charge in [-0.25, -0.2) is 0 Å². The van der Waals surface area contributed by atoms with E-state index in [1.807, 2.05) is 5.10 Å². The van der Waals surface area contributed by atoms with Gasteiger partial charge in [-0.2, -0.15) is 18.3 Å². The van der Waals surface area contributed by atoms with E-state index in [0.717, 1.165) is 25.3 Å². The number of nitrogens with zero attached hydrogens (tertiary/aromatic N) is 2. The van der Waals surface area contributed by atoms with E-state index >= 15 is 0 Å². The number of hydrogen-bond acceptors (Lipinski definition) is 3.